The first-order valence-corrected chi connectivity index (χ1v) is 13.6. The molecule has 5 rings (SSSR count). The van der Waals surface area contributed by atoms with Gasteiger partial charge in [-0.05, 0) is 61.4 Å². The van der Waals surface area contributed by atoms with Crippen LogP contribution >= 0.6 is 11.6 Å². The highest BCUT2D eigenvalue weighted by molar-refractivity contribution is 6.31. The first-order chi connectivity index (χ1) is 20.7. The fourth-order valence-electron chi connectivity index (χ4n) is 4.74. The summed E-state index contributed by atoms with van der Waals surface area (Å²) in [5.41, 5.74) is 2.36. The van der Waals surface area contributed by atoms with E-state index in [1.165, 1.54) is 19.1 Å². The number of carbonyl (C=O) groups is 2. The van der Waals surface area contributed by atoms with Crippen LogP contribution in [0.2, 0.25) is 5.02 Å². The molecule has 0 bridgehead atoms. The number of benzene rings is 3. The SMILES string of the molecule is CCOc1ccc(-c2nn(-c3ccccc3)cc2/C=C2/C(=O)N(Cc3ccccc3Cl)C(=O)C(C#N)=C2C)cc1[N+](=O)[O-]. The molecule has 1 aliphatic rings. The molecule has 11 heteroatoms. The molecule has 2 heterocycles. The first-order valence-electron chi connectivity index (χ1n) is 13.2. The van der Waals surface area contributed by atoms with Gasteiger partial charge in [0.15, 0.2) is 5.75 Å². The van der Waals surface area contributed by atoms with Crippen LogP contribution < -0.4 is 4.74 Å². The molecule has 0 atom stereocenters. The summed E-state index contributed by atoms with van der Waals surface area (Å²) in [4.78, 5) is 39.4. The van der Waals surface area contributed by atoms with E-state index in [2.05, 4.69) is 0 Å². The van der Waals surface area contributed by atoms with Gasteiger partial charge in [0.2, 0.25) is 0 Å². The lowest BCUT2D eigenvalue weighted by Crippen LogP contribution is -2.42. The van der Waals surface area contributed by atoms with Crippen LogP contribution in [0.15, 0.2) is 95.7 Å². The van der Waals surface area contributed by atoms with Gasteiger partial charge >= 0.3 is 5.69 Å². The molecule has 0 saturated carbocycles. The molecule has 3 aromatic carbocycles. The smallest absolute Gasteiger partial charge is 0.311 e. The van der Waals surface area contributed by atoms with Gasteiger partial charge in [0.25, 0.3) is 11.8 Å². The third kappa shape index (κ3) is 5.66. The third-order valence-corrected chi connectivity index (χ3v) is 7.27. The maximum atomic E-state index is 13.8. The predicted molar refractivity (Wildman–Crippen MR) is 160 cm³/mol. The van der Waals surface area contributed by atoms with Crippen LogP contribution in [0, 0.1) is 21.4 Å². The lowest BCUT2D eigenvalue weighted by Gasteiger charge is -2.27. The summed E-state index contributed by atoms with van der Waals surface area (Å²) in [6.07, 6.45) is 3.23. The van der Waals surface area contributed by atoms with Gasteiger partial charge in [0, 0.05) is 34.0 Å². The number of aromatic nitrogens is 2. The Balaban J connectivity index is 1.68. The minimum atomic E-state index is -0.718. The summed E-state index contributed by atoms with van der Waals surface area (Å²) in [6, 6.07) is 22.5. The number of imide groups is 1. The summed E-state index contributed by atoms with van der Waals surface area (Å²) in [5.74, 6) is -1.21. The quantitative estimate of drug-likeness (QED) is 0.101. The van der Waals surface area contributed by atoms with E-state index in [-0.39, 0.29) is 41.3 Å². The van der Waals surface area contributed by atoms with Crippen molar-refractivity contribution in [3.8, 4) is 28.8 Å². The van der Waals surface area contributed by atoms with Crippen LogP contribution in [0.3, 0.4) is 0 Å². The van der Waals surface area contributed by atoms with E-state index in [9.17, 15) is 25.0 Å². The zero-order chi connectivity index (χ0) is 30.7. The van der Waals surface area contributed by atoms with E-state index in [4.69, 9.17) is 21.4 Å². The normalized spacial score (nSPS) is 14.3. The fourth-order valence-corrected chi connectivity index (χ4v) is 4.94. The van der Waals surface area contributed by atoms with E-state index in [1.54, 1.807) is 54.2 Å². The van der Waals surface area contributed by atoms with Gasteiger partial charge in [-0.25, -0.2) is 4.68 Å². The van der Waals surface area contributed by atoms with Crippen molar-refractivity contribution in [1.29, 1.82) is 5.26 Å². The van der Waals surface area contributed by atoms with Crippen molar-refractivity contribution in [2.45, 2.75) is 20.4 Å². The van der Waals surface area contributed by atoms with E-state index < -0.39 is 16.7 Å². The Hall–Kier alpha value is -5.53. The van der Waals surface area contributed by atoms with Crippen LogP contribution in [0.4, 0.5) is 5.69 Å². The van der Waals surface area contributed by atoms with Gasteiger partial charge in [-0.15, -0.1) is 0 Å². The largest absolute Gasteiger partial charge is 0.487 e. The number of halogens is 1. The highest BCUT2D eigenvalue weighted by Gasteiger charge is 2.36. The minimum Gasteiger partial charge on any atom is -0.487 e. The Morgan fingerprint density at radius 2 is 1.79 bits per heavy atom. The molecule has 0 aliphatic carbocycles. The number of amides is 2. The van der Waals surface area contributed by atoms with Crippen molar-refractivity contribution < 1.29 is 19.2 Å². The molecule has 0 radical (unpaired) electrons. The van der Waals surface area contributed by atoms with Crippen LogP contribution in [-0.4, -0.2) is 38.0 Å². The topological polar surface area (TPSA) is 131 Å². The molecule has 2 amide bonds. The number of para-hydroxylation sites is 1. The molecule has 214 valence electrons. The summed E-state index contributed by atoms with van der Waals surface area (Å²) in [6.45, 7) is 3.39. The Bertz CT molecular complexity index is 1870. The Morgan fingerprint density at radius 1 is 1.07 bits per heavy atom. The number of hydrogen-bond donors (Lipinski definition) is 0. The van der Waals surface area contributed by atoms with E-state index in [0.717, 1.165) is 4.90 Å². The second kappa shape index (κ2) is 12.1. The van der Waals surface area contributed by atoms with Crippen LogP contribution in [0.25, 0.3) is 23.0 Å². The highest BCUT2D eigenvalue weighted by Crippen LogP contribution is 2.36. The molecular weight excluding hydrogens is 570 g/mol. The van der Waals surface area contributed by atoms with Crippen LogP contribution in [0.5, 0.6) is 5.75 Å². The summed E-state index contributed by atoms with van der Waals surface area (Å²) in [5, 5.41) is 26.8. The number of rotatable bonds is 8. The van der Waals surface area contributed by atoms with Gasteiger partial charge in [-0.1, -0.05) is 48.0 Å². The monoisotopic (exact) mass is 593 g/mol. The first kappa shape index (κ1) is 29.0. The fraction of sp³-hybridized carbons (Fsp3) is 0.125. The molecule has 0 spiro atoms. The van der Waals surface area contributed by atoms with Crippen molar-refractivity contribution in [3.05, 3.63) is 122 Å². The second-order valence-electron chi connectivity index (χ2n) is 9.54. The van der Waals surface area contributed by atoms with Crippen molar-refractivity contribution in [1.82, 2.24) is 14.7 Å². The third-order valence-electron chi connectivity index (χ3n) is 6.90. The Labute approximate surface area is 251 Å². The molecule has 0 saturated heterocycles. The maximum absolute atomic E-state index is 13.8. The number of nitrogens with zero attached hydrogens (tertiary/aromatic N) is 5. The lowest BCUT2D eigenvalue weighted by molar-refractivity contribution is -0.385. The molecule has 4 aromatic rings. The predicted octanol–water partition coefficient (Wildman–Crippen LogP) is 6.29. The average Bonchev–Trinajstić information content (AvgIpc) is 3.43. The summed E-state index contributed by atoms with van der Waals surface area (Å²) < 4.78 is 7.03. The summed E-state index contributed by atoms with van der Waals surface area (Å²) in [7, 11) is 0. The van der Waals surface area contributed by atoms with Crippen molar-refractivity contribution in [2.24, 2.45) is 0 Å². The molecule has 1 aromatic heterocycles. The molecule has 43 heavy (non-hydrogen) atoms. The Kier molecular flexibility index (Phi) is 8.18. The average molecular weight is 594 g/mol. The number of nitriles is 1. The molecule has 0 fully saturated rings. The number of carbonyl (C=O) groups excluding carboxylic acids is 2. The summed E-state index contributed by atoms with van der Waals surface area (Å²) >= 11 is 6.31. The number of nitro benzene ring substituents is 1. The molecule has 0 unspecified atom stereocenters. The van der Waals surface area contributed by atoms with Crippen LogP contribution in [-0.2, 0) is 16.1 Å². The van der Waals surface area contributed by atoms with Crippen molar-refractivity contribution in [3.63, 3.8) is 0 Å². The standard InChI is InChI=1S/C32H24ClN5O5/c1-3-43-29-14-13-21(16-28(29)38(41)42)30-23(19-37(35-30)24-10-5-4-6-11-24)15-25-20(2)26(17-34)32(40)36(31(25)39)18-22-9-7-8-12-27(22)33/h4-16,19H,3,18H2,1-2H3/b25-15+. The number of hydrogen-bond acceptors (Lipinski definition) is 7. The van der Waals surface area contributed by atoms with Crippen molar-refractivity contribution >= 4 is 35.2 Å². The number of ether oxygens (including phenoxy) is 1. The second-order valence-corrected chi connectivity index (χ2v) is 9.95. The molecule has 0 N–H and O–H groups in total. The number of nitro groups is 1. The van der Waals surface area contributed by atoms with E-state index >= 15 is 0 Å². The van der Waals surface area contributed by atoms with Crippen LogP contribution in [0.1, 0.15) is 25.0 Å². The maximum Gasteiger partial charge on any atom is 0.311 e. The molecular formula is C32H24ClN5O5. The minimum absolute atomic E-state index is 0.109. The Morgan fingerprint density at radius 3 is 2.47 bits per heavy atom. The lowest BCUT2D eigenvalue weighted by atomic mass is 9.93. The zero-order valence-corrected chi connectivity index (χ0v) is 23.9. The zero-order valence-electron chi connectivity index (χ0n) is 23.2. The van der Waals surface area contributed by atoms with Gasteiger partial charge in [0.05, 0.1) is 23.8 Å². The van der Waals surface area contributed by atoms with Gasteiger partial charge in [-0.3, -0.25) is 24.6 Å². The molecule has 1 aliphatic heterocycles. The van der Waals surface area contributed by atoms with Gasteiger partial charge < -0.3 is 4.74 Å². The van der Waals surface area contributed by atoms with Gasteiger partial charge in [0.1, 0.15) is 17.3 Å². The van der Waals surface area contributed by atoms with Gasteiger partial charge in [-0.2, -0.15) is 10.4 Å². The van der Waals surface area contributed by atoms with Crippen molar-refractivity contribution in [2.75, 3.05) is 6.61 Å². The highest BCUT2D eigenvalue weighted by atomic mass is 35.5. The van der Waals surface area contributed by atoms with E-state index in [0.29, 0.717) is 33.1 Å². The molecule has 10 nitrogen and oxygen atoms in total. The van der Waals surface area contributed by atoms with E-state index in [1.807, 2.05) is 36.4 Å².